The lowest BCUT2D eigenvalue weighted by molar-refractivity contribution is -0.669. The molecule has 0 bridgehead atoms. The quantitative estimate of drug-likeness (QED) is 0.181. The van der Waals surface area contributed by atoms with Gasteiger partial charge in [-0.3, -0.25) is 0 Å². The van der Waals surface area contributed by atoms with E-state index in [1.165, 1.54) is 11.8 Å². The maximum absolute atomic E-state index is 11.0. The molecule has 196 valence electrons. The number of furan rings is 1. The molecular formula is C22H24ClN2O7S4-. The Labute approximate surface area is 223 Å². The number of aromatic nitrogens is 1. The summed E-state index contributed by atoms with van der Waals surface area (Å²) in [5.74, 6) is -0.0473. The average molecular weight is 592 g/mol. The number of halogens is 1. The van der Waals surface area contributed by atoms with E-state index in [1.54, 1.807) is 11.3 Å². The summed E-state index contributed by atoms with van der Waals surface area (Å²) in [5.41, 5.74) is 1.80. The van der Waals surface area contributed by atoms with Crippen LogP contribution in [0.25, 0.3) is 16.3 Å². The van der Waals surface area contributed by atoms with E-state index in [0.29, 0.717) is 31.0 Å². The number of hydrogen-bond acceptors (Lipinski definition) is 10. The number of nitrogens with zero attached hydrogens (tertiary/aromatic N) is 2. The maximum Gasteiger partial charge on any atom is 0.265 e. The van der Waals surface area contributed by atoms with E-state index < -0.39 is 31.7 Å². The Bertz CT molecular complexity index is 1510. The van der Waals surface area contributed by atoms with Gasteiger partial charge in [0.05, 0.1) is 37.0 Å². The lowest BCUT2D eigenvalue weighted by Gasteiger charge is -2.19. The van der Waals surface area contributed by atoms with Gasteiger partial charge in [-0.25, -0.2) is 16.8 Å². The minimum absolute atomic E-state index is 0.254. The van der Waals surface area contributed by atoms with Crippen LogP contribution in [-0.2, 0) is 26.8 Å². The van der Waals surface area contributed by atoms with Gasteiger partial charge in [0.15, 0.2) is 11.6 Å². The van der Waals surface area contributed by atoms with Crippen molar-refractivity contribution >= 4 is 76.9 Å². The summed E-state index contributed by atoms with van der Waals surface area (Å²) < 4.78 is 74.8. The van der Waals surface area contributed by atoms with Gasteiger partial charge in [0.1, 0.15) is 10.5 Å². The Balaban J connectivity index is 1.63. The molecule has 0 saturated heterocycles. The minimum Gasteiger partial charge on any atom is -0.748 e. The molecule has 1 aliphatic heterocycles. The first-order chi connectivity index (χ1) is 16.9. The van der Waals surface area contributed by atoms with Crippen molar-refractivity contribution in [2.45, 2.75) is 44.2 Å². The van der Waals surface area contributed by atoms with Crippen molar-refractivity contribution in [1.29, 1.82) is 0 Å². The molecule has 1 aliphatic rings. The van der Waals surface area contributed by atoms with Crippen LogP contribution in [0.5, 0.6) is 0 Å². The Morgan fingerprint density at radius 2 is 1.75 bits per heavy atom. The zero-order valence-electron chi connectivity index (χ0n) is 19.3. The number of thiazole rings is 1. The Morgan fingerprint density at radius 3 is 2.44 bits per heavy atom. The van der Waals surface area contributed by atoms with Crippen LogP contribution in [0.15, 0.2) is 38.8 Å². The molecule has 0 radical (unpaired) electrons. The van der Waals surface area contributed by atoms with Crippen LogP contribution in [0.3, 0.4) is 0 Å². The third-order valence-electron chi connectivity index (χ3n) is 5.55. The lowest BCUT2D eigenvalue weighted by atomic mass is 10.3. The molecule has 1 aromatic carbocycles. The van der Waals surface area contributed by atoms with Crippen molar-refractivity contribution in [3.05, 3.63) is 45.1 Å². The van der Waals surface area contributed by atoms with E-state index in [-0.39, 0.29) is 12.8 Å². The smallest absolute Gasteiger partial charge is 0.265 e. The van der Waals surface area contributed by atoms with Crippen LogP contribution in [0, 0.1) is 6.92 Å². The molecule has 9 nitrogen and oxygen atoms in total. The second kappa shape index (κ2) is 11.0. The summed E-state index contributed by atoms with van der Waals surface area (Å²) in [4.78, 5) is 2.06. The molecule has 3 heterocycles. The van der Waals surface area contributed by atoms with Crippen molar-refractivity contribution in [1.82, 2.24) is 0 Å². The monoisotopic (exact) mass is 591 g/mol. The van der Waals surface area contributed by atoms with E-state index in [1.807, 2.05) is 37.3 Å². The van der Waals surface area contributed by atoms with Gasteiger partial charge in [0.25, 0.3) is 5.01 Å². The van der Waals surface area contributed by atoms with Gasteiger partial charge < -0.3 is 18.4 Å². The Hall–Kier alpha value is -1.61. The molecule has 2 aromatic heterocycles. The highest BCUT2D eigenvalue weighted by Crippen LogP contribution is 2.48. The summed E-state index contributed by atoms with van der Waals surface area (Å²) >= 11 is 9.27. The highest BCUT2D eigenvalue weighted by atomic mass is 35.5. The van der Waals surface area contributed by atoms with E-state index in [9.17, 15) is 25.9 Å². The van der Waals surface area contributed by atoms with Crippen LogP contribution in [0.1, 0.15) is 36.5 Å². The molecule has 3 aromatic rings. The number of hydrogen-bond donors (Lipinski definition) is 0. The van der Waals surface area contributed by atoms with Gasteiger partial charge in [0, 0.05) is 41.6 Å². The number of benzene rings is 1. The molecule has 0 fully saturated rings. The van der Waals surface area contributed by atoms with Crippen LogP contribution in [0.4, 0.5) is 5.69 Å². The fourth-order valence-corrected chi connectivity index (χ4v) is 7.53. The van der Waals surface area contributed by atoms with Gasteiger partial charge >= 0.3 is 0 Å². The zero-order chi connectivity index (χ0) is 26.1. The van der Waals surface area contributed by atoms with Gasteiger partial charge in [-0.2, -0.15) is 4.57 Å². The van der Waals surface area contributed by atoms with E-state index in [4.69, 9.17) is 16.0 Å². The van der Waals surface area contributed by atoms with Crippen LogP contribution in [-0.4, -0.2) is 44.0 Å². The molecule has 0 aliphatic carbocycles. The highest BCUT2D eigenvalue weighted by Gasteiger charge is 2.31. The number of rotatable bonds is 11. The van der Waals surface area contributed by atoms with Gasteiger partial charge in [-0.1, -0.05) is 22.9 Å². The molecule has 0 atom stereocenters. The molecule has 36 heavy (non-hydrogen) atoms. The van der Waals surface area contributed by atoms with E-state index >= 15 is 0 Å². The summed E-state index contributed by atoms with van der Waals surface area (Å²) in [6.07, 6.45) is 3.54. The molecular weight excluding hydrogens is 568 g/mol. The van der Waals surface area contributed by atoms with E-state index in [0.717, 1.165) is 36.8 Å². The topological polar surface area (TPSA) is 135 Å². The predicted molar refractivity (Wildman–Crippen MR) is 139 cm³/mol. The third-order valence-corrected chi connectivity index (χ3v) is 9.50. The first-order valence-corrected chi connectivity index (χ1v) is 16.3. The minimum atomic E-state index is -4.27. The molecule has 0 saturated carbocycles. The van der Waals surface area contributed by atoms with Gasteiger partial charge in [-0.05, 0) is 50.1 Å². The molecule has 0 spiro atoms. The molecule has 0 unspecified atom stereocenters. The summed E-state index contributed by atoms with van der Waals surface area (Å²) in [7, 11) is -8.53. The summed E-state index contributed by atoms with van der Waals surface area (Å²) in [6.45, 7) is 2.87. The van der Waals surface area contributed by atoms with Crippen LogP contribution in [0.2, 0.25) is 5.02 Å². The standard InChI is InChI=1S/C22H25ClN2O7S4/c1-15-12-18-22(32-15)34-21(25(18)9-3-5-11-36(29,30)31)14-20-24(8-2-4-10-35(26,27)28)17-13-16(23)6-7-19(17)33-20/h6-7,12-14H,2-5,8-11H2,1H3,(H-,26,27,28,29,30,31)/p-1. The zero-order valence-corrected chi connectivity index (χ0v) is 23.3. The first kappa shape index (κ1) is 27.4. The maximum atomic E-state index is 11.0. The molecule has 0 amide bonds. The number of fused-ring (bicyclic) bond motifs is 2. The largest absolute Gasteiger partial charge is 0.748 e. The fourth-order valence-electron chi connectivity index (χ4n) is 3.96. The highest BCUT2D eigenvalue weighted by molar-refractivity contribution is 8.03. The lowest BCUT2D eigenvalue weighted by Crippen LogP contribution is -2.35. The second-order valence-corrected chi connectivity index (χ2v) is 13.9. The van der Waals surface area contributed by atoms with E-state index in [2.05, 4.69) is 9.47 Å². The number of anilines is 1. The van der Waals surface area contributed by atoms with Gasteiger partial charge in [-0.15, -0.1) is 0 Å². The van der Waals surface area contributed by atoms with Crippen molar-refractivity contribution in [2.75, 3.05) is 23.0 Å². The van der Waals surface area contributed by atoms with Crippen LogP contribution < -0.4 is 9.47 Å². The SMILES string of the molecule is Cc1cc2c(o1)SC(=Cc1sc3ccc(Cl)cc3[n+]1CCCCS(=O)(=O)[O-])N2CCCCS(=O)(=O)[O-]. The average Bonchev–Trinajstić information content (AvgIpc) is 3.38. The Kier molecular flexibility index (Phi) is 8.39. The number of aryl methyl sites for hydroxylation is 2. The molecule has 14 heteroatoms. The number of thioether (sulfide) groups is 1. The van der Waals surface area contributed by atoms with Crippen molar-refractivity contribution in [3.63, 3.8) is 0 Å². The normalized spacial score (nSPS) is 15.3. The first-order valence-electron chi connectivity index (χ1n) is 11.2. The molecule has 4 rings (SSSR count). The van der Waals surface area contributed by atoms with Gasteiger partial charge in [0.2, 0.25) is 5.52 Å². The Morgan fingerprint density at radius 1 is 1.06 bits per heavy atom. The third kappa shape index (κ3) is 7.03. The summed E-state index contributed by atoms with van der Waals surface area (Å²) in [5, 5.41) is 3.12. The number of unbranched alkanes of at least 4 members (excludes halogenated alkanes) is 2. The summed E-state index contributed by atoms with van der Waals surface area (Å²) in [6, 6.07) is 7.52. The van der Waals surface area contributed by atoms with Crippen molar-refractivity contribution in [3.8, 4) is 0 Å². The molecule has 0 N–H and O–H groups in total. The van der Waals surface area contributed by atoms with Crippen molar-refractivity contribution < 1.29 is 34.9 Å². The predicted octanol–water partition coefficient (Wildman–Crippen LogP) is 4.31. The van der Waals surface area contributed by atoms with Crippen LogP contribution >= 0.6 is 34.7 Å². The second-order valence-electron chi connectivity index (χ2n) is 8.41. The fraction of sp³-hybridized carbons (Fsp3) is 0.409. The van der Waals surface area contributed by atoms with Crippen molar-refractivity contribution in [2.24, 2.45) is 0 Å².